The van der Waals surface area contributed by atoms with Crippen molar-refractivity contribution in [2.45, 2.75) is 18.4 Å². The molecule has 2 N–H and O–H groups in total. The van der Waals surface area contributed by atoms with Crippen molar-refractivity contribution in [3.63, 3.8) is 0 Å². The van der Waals surface area contributed by atoms with Crippen LogP contribution in [-0.2, 0) is 10.4 Å². The van der Waals surface area contributed by atoms with Gasteiger partial charge < -0.3 is 24.3 Å². The summed E-state index contributed by atoms with van der Waals surface area (Å²) >= 11 is 0. The largest absolute Gasteiger partial charge is 0.482 e. The first-order valence-corrected chi connectivity index (χ1v) is 7.98. The van der Waals surface area contributed by atoms with Crippen LogP contribution in [0.25, 0.3) is 0 Å². The molecule has 0 unspecified atom stereocenters. The highest BCUT2D eigenvalue weighted by Crippen LogP contribution is 2.34. The van der Waals surface area contributed by atoms with Crippen molar-refractivity contribution in [3.8, 4) is 5.75 Å². The van der Waals surface area contributed by atoms with Gasteiger partial charge in [0, 0.05) is 13.1 Å². The molecule has 0 spiro atoms. The molecule has 132 valence electrons. The maximum atomic E-state index is 12.3. The number of hydrogen-bond donors (Lipinski definition) is 2. The molecule has 0 atom stereocenters. The fourth-order valence-electron chi connectivity index (χ4n) is 2.94. The monoisotopic (exact) mass is 345 g/mol. The van der Waals surface area contributed by atoms with Crippen LogP contribution < -0.4 is 4.74 Å². The summed E-state index contributed by atoms with van der Waals surface area (Å²) < 4.78 is 10.3. The third kappa shape index (κ3) is 3.83. The number of rotatable bonds is 5. The Kier molecular flexibility index (Phi) is 4.76. The lowest BCUT2D eigenvalue weighted by atomic mass is 9.84. The van der Waals surface area contributed by atoms with Gasteiger partial charge in [-0.2, -0.15) is 0 Å². The maximum Gasteiger partial charge on any atom is 0.341 e. The Morgan fingerprint density at radius 2 is 1.96 bits per heavy atom. The molecule has 7 heteroatoms. The second-order valence-corrected chi connectivity index (χ2v) is 6.01. The van der Waals surface area contributed by atoms with E-state index in [9.17, 15) is 14.7 Å². The Labute approximate surface area is 144 Å². The SMILES string of the molecule is O=C(O)COc1cccc(C2(O)CCN(C(=O)c3ccco3)CC2)c1. The Bertz CT molecular complexity index is 747. The first-order valence-electron chi connectivity index (χ1n) is 7.98. The second-order valence-electron chi connectivity index (χ2n) is 6.01. The molecule has 0 radical (unpaired) electrons. The zero-order valence-electron chi connectivity index (χ0n) is 13.6. The maximum absolute atomic E-state index is 12.3. The fraction of sp³-hybridized carbons (Fsp3) is 0.333. The molecule has 1 aromatic heterocycles. The molecule has 0 aliphatic carbocycles. The minimum atomic E-state index is -1.08. The molecule has 0 saturated carbocycles. The molecule has 2 aromatic rings. The van der Waals surface area contributed by atoms with Gasteiger partial charge in [-0.15, -0.1) is 0 Å². The Morgan fingerprint density at radius 3 is 2.60 bits per heavy atom. The van der Waals surface area contributed by atoms with E-state index in [0.29, 0.717) is 37.2 Å². The van der Waals surface area contributed by atoms with E-state index < -0.39 is 18.2 Å². The summed E-state index contributed by atoms with van der Waals surface area (Å²) in [5, 5.41) is 19.6. The van der Waals surface area contributed by atoms with Crippen molar-refractivity contribution in [1.82, 2.24) is 4.90 Å². The number of piperidine rings is 1. The van der Waals surface area contributed by atoms with Crippen LogP contribution in [0.4, 0.5) is 0 Å². The minimum Gasteiger partial charge on any atom is -0.482 e. The number of ether oxygens (including phenoxy) is 1. The van der Waals surface area contributed by atoms with Gasteiger partial charge >= 0.3 is 5.97 Å². The molecular weight excluding hydrogens is 326 g/mol. The number of carbonyl (C=O) groups excluding carboxylic acids is 1. The summed E-state index contributed by atoms with van der Waals surface area (Å²) in [4.78, 5) is 24.5. The molecule has 1 saturated heterocycles. The van der Waals surface area contributed by atoms with Crippen LogP contribution in [-0.4, -0.2) is 46.7 Å². The van der Waals surface area contributed by atoms with E-state index in [1.54, 1.807) is 41.3 Å². The van der Waals surface area contributed by atoms with Gasteiger partial charge in [0.15, 0.2) is 12.4 Å². The van der Waals surface area contributed by atoms with Gasteiger partial charge in [-0.05, 0) is 42.7 Å². The number of amides is 1. The second kappa shape index (κ2) is 6.98. The number of likely N-dealkylation sites (tertiary alicyclic amines) is 1. The summed E-state index contributed by atoms with van der Waals surface area (Å²) in [5.41, 5.74) is -0.428. The van der Waals surface area contributed by atoms with E-state index >= 15 is 0 Å². The molecule has 25 heavy (non-hydrogen) atoms. The predicted octanol–water partition coefficient (Wildman–Crippen LogP) is 1.87. The lowest BCUT2D eigenvalue weighted by molar-refractivity contribution is -0.139. The van der Waals surface area contributed by atoms with Crippen molar-refractivity contribution < 1.29 is 29.0 Å². The van der Waals surface area contributed by atoms with E-state index in [0.717, 1.165) is 0 Å². The Morgan fingerprint density at radius 1 is 1.20 bits per heavy atom. The lowest BCUT2D eigenvalue weighted by Gasteiger charge is -2.38. The third-order valence-corrected chi connectivity index (χ3v) is 4.34. The molecule has 1 aromatic carbocycles. The van der Waals surface area contributed by atoms with Crippen molar-refractivity contribution in [3.05, 3.63) is 54.0 Å². The van der Waals surface area contributed by atoms with Gasteiger partial charge in [0.05, 0.1) is 11.9 Å². The van der Waals surface area contributed by atoms with Crippen molar-refractivity contribution in [2.75, 3.05) is 19.7 Å². The number of carbonyl (C=O) groups is 2. The molecule has 7 nitrogen and oxygen atoms in total. The Hall–Kier alpha value is -2.80. The molecule has 0 bridgehead atoms. The standard InChI is InChI=1S/C18H19NO6/c20-16(21)12-25-14-4-1-3-13(11-14)18(23)6-8-19(9-7-18)17(22)15-5-2-10-24-15/h1-5,10-11,23H,6-9,12H2,(H,20,21). The Balaban J connectivity index is 1.67. The number of nitrogens with zero attached hydrogens (tertiary/aromatic N) is 1. The van der Waals surface area contributed by atoms with E-state index in [4.69, 9.17) is 14.3 Å². The van der Waals surface area contributed by atoms with Gasteiger partial charge in [-0.3, -0.25) is 4.79 Å². The number of carboxylic acids is 1. The molecule has 2 heterocycles. The summed E-state index contributed by atoms with van der Waals surface area (Å²) in [6, 6.07) is 10.1. The normalized spacial score (nSPS) is 16.4. The van der Waals surface area contributed by atoms with E-state index in [1.165, 1.54) is 6.26 Å². The first kappa shape index (κ1) is 17.0. The van der Waals surface area contributed by atoms with Gasteiger partial charge in [0.2, 0.25) is 0 Å². The number of benzene rings is 1. The molecule has 1 amide bonds. The highest BCUT2D eigenvalue weighted by atomic mass is 16.5. The van der Waals surface area contributed by atoms with Crippen molar-refractivity contribution in [2.24, 2.45) is 0 Å². The summed E-state index contributed by atoms with van der Waals surface area (Å²) in [6.45, 7) is 0.361. The van der Waals surface area contributed by atoms with Crippen LogP contribution in [0, 0.1) is 0 Å². The average molecular weight is 345 g/mol. The molecule has 1 aliphatic rings. The zero-order valence-corrected chi connectivity index (χ0v) is 13.6. The first-order chi connectivity index (χ1) is 12.0. The summed E-state index contributed by atoms with van der Waals surface area (Å²) in [5.74, 6) is -0.573. The van der Waals surface area contributed by atoms with Crippen LogP contribution in [0.3, 0.4) is 0 Å². The van der Waals surface area contributed by atoms with Gasteiger partial charge in [0.1, 0.15) is 5.75 Å². The zero-order chi connectivity index (χ0) is 17.9. The van der Waals surface area contributed by atoms with Gasteiger partial charge in [0.25, 0.3) is 5.91 Å². The van der Waals surface area contributed by atoms with E-state index in [-0.39, 0.29) is 11.7 Å². The van der Waals surface area contributed by atoms with Gasteiger partial charge in [-0.1, -0.05) is 12.1 Å². The highest BCUT2D eigenvalue weighted by molar-refractivity contribution is 5.91. The van der Waals surface area contributed by atoms with Crippen LogP contribution in [0.15, 0.2) is 47.1 Å². The van der Waals surface area contributed by atoms with Crippen LogP contribution in [0.2, 0.25) is 0 Å². The van der Waals surface area contributed by atoms with Gasteiger partial charge in [-0.25, -0.2) is 4.79 Å². The van der Waals surface area contributed by atoms with E-state index in [2.05, 4.69) is 0 Å². The average Bonchev–Trinajstić information content (AvgIpc) is 3.15. The molecule has 1 fully saturated rings. The van der Waals surface area contributed by atoms with Crippen LogP contribution in [0.5, 0.6) is 5.75 Å². The quantitative estimate of drug-likeness (QED) is 0.858. The number of carboxylic acid groups (broad SMARTS) is 1. The number of aliphatic hydroxyl groups is 1. The molecule has 3 rings (SSSR count). The molecule has 1 aliphatic heterocycles. The fourth-order valence-corrected chi connectivity index (χ4v) is 2.94. The van der Waals surface area contributed by atoms with Crippen LogP contribution in [0.1, 0.15) is 29.0 Å². The lowest BCUT2D eigenvalue weighted by Crippen LogP contribution is -2.45. The minimum absolute atomic E-state index is 0.189. The van der Waals surface area contributed by atoms with Crippen LogP contribution >= 0.6 is 0 Å². The summed E-state index contributed by atoms with van der Waals surface area (Å²) in [6.07, 6.45) is 2.21. The molecular formula is C18H19NO6. The number of hydrogen-bond acceptors (Lipinski definition) is 5. The van der Waals surface area contributed by atoms with Crippen molar-refractivity contribution >= 4 is 11.9 Å². The van der Waals surface area contributed by atoms with Crippen molar-refractivity contribution in [1.29, 1.82) is 0 Å². The number of aliphatic carboxylic acids is 1. The number of furan rings is 1. The van der Waals surface area contributed by atoms with E-state index in [1.807, 2.05) is 0 Å². The third-order valence-electron chi connectivity index (χ3n) is 4.34. The highest BCUT2D eigenvalue weighted by Gasteiger charge is 2.36. The topological polar surface area (TPSA) is 100 Å². The smallest absolute Gasteiger partial charge is 0.341 e. The summed E-state index contributed by atoms with van der Waals surface area (Å²) in [7, 11) is 0. The predicted molar refractivity (Wildman–Crippen MR) is 87.3 cm³/mol.